The molecule has 1 atom stereocenters. The second-order valence-electron chi connectivity index (χ2n) is 6.47. The molecule has 1 aromatic rings. The van der Waals surface area contributed by atoms with Crippen LogP contribution in [0, 0.1) is 11.3 Å². The Morgan fingerprint density at radius 3 is 2.47 bits per heavy atom. The third-order valence-corrected chi connectivity index (χ3v) is 4.84. The van der Waals surface area contributed by atoms with Crippen LogP contribution in [0.25, 0.3) is 0 Å². The number of methoxy groups -OCH3 is 1. The lowest BCUT2D eigenvalue weighted by Gasteiger charge is -2.20. The van der Waals surface area contributed by atoms with Crippen LogP contribution in [-0.4, -0.2) is 19.7 Å². The van der Waals surface area contributed by atoms with Crippen LogP contribution in [0.15, 0.2) is 24.3 Å². The van der Waals surface area contributed by atoms with Crippen molar-refractivity contribution in [2.45, 2.75) is 45.1 Å². The predicted molar refractivity (Wildman–Crippen MR) is 78.6 cm³/mol. The number of nitrogens with one attached hydrogen (secondary N) is 1. The van der Waals surface area contributed by atoms with E-state index in [9.17, 15) is 0 Å². The van der Waals surface area contributed by atoms with Crippen molar-refractivity contribution in [3.05, 3.63) is 29.8 Å². The lowest BCUT2D eigenvalue weighted by Crippen LogP contribution is -2.34. The molecule has 0 radical (unpaired) electrons. The smallest absolute Gasteiger partial charge is 0.118 e. The maximum atomic E-state index is 5.19. The molecule has 0 heterocycles. The summed E-state index contributed by atoms with van der Waals surface area (Å²) < 4.78 is 5.19. The Morgan fingerprint density at radius 1 is 1.26 bits per heavy atom. The molecule has 0 spiro atoms. The molecule has 2 saturated carbocycles. The molecule has 1 unspecified atom stereocenters. The fourth-order valence-corrected chi connectivity index (χ4v) is 3.15. The van der Waals surface area contributed by atoms with Crippen molar-refractivity contribution in [3.8, 4) is 5.75 Å². The highest BCUT2D eigenvalue weighted by Gasteiger charge is 2.53. The summed E-state index contributed by atoms with van der Waals surface area (Å²) in [6.07, 6.45) is 6.98. The number of ether oxygens (including phenoxy) is 1. The van der Waals surface area contributed by atoms with Crippen molar-refractivity contribution in [2.75, 3.05) is 13.7 Å². The molecule has 2 fully saturated rings. The standard InChI is InChI=1S/C17H25NO/c1-13(11-14-3-7-16(19-2)8-4-14)18-12-17(9-10-17)15-5-6-15/h3-4,7-8,13,15,18H,5-6,9-12H2,1-2H3. The van der Waals surface area contributed by atoms with E-state index in [-0.39, 0.29) is 0 Å². The Balaban J connectivity index is 1.46. The topological polar surface area (TPSA) is 21.3 Å². The van der Waals surface area contributed by atoms with E-state index in [0.717, 1.165) is 18.1 Å². The first-order chi connectivity index (χ1) is 9.22. The van der Waals surface area contributed by atoms with E-state index in [4.69, 9.17) is 4.74 Å². The molecule has 1 N–H and O–H groups in total. The molecule has 0 bridgehead atoms. The van der Waals surface area contributed by atoms with Crippen molar-refractivity contribution >= 4 is 0 Å². The molecule has 0 aromatic heterocycles. The largest absolute Gasteiger partial charge is 0.497 e. The van der Waals surface area contributed by atoms with Gasteiger partial charge in [0.25, 0.3) is 0 Å². The Kier molecular flexibility index (Phi) is 3.53. The van der Waals surface area contributed by atoms with Gasteiger partial charge in [0.1, 0.15) is 5.75 Å². The van der Waals surface area contributed by atoms with E-state index in [2.05, 4.69) is 36.5 Å². The minimum atomic E-state index is 0.560. The van der Waals surface area contributed by atoms with Crippen LogP contribution >= 0.6 is 0 Å². The Bertz CT molecular complexity index is 417. The molecule has 2 aliphatic rings. The predicted octanol–water partition coefficient (Wildman–Crippen LogP) is 3.41. The van der Waals surface area contributed by atoms with Crippen molar-refractivity contribution in [1.82, 2.24) is 5.32 Å². The van der Waals surface area contributed by atoms with Gasteiger partial charge in [-0.3, -0.25) is 0 Å². The Labute approximate surface area is 116 Å². The van der Waals surface area contributed by atoms with Gasteiger partial charge in [-0.05, 0) is 68.1 Å². The van der Waals surface area contributed by atoms with Crippen LogP contribution in [0.2, 0.25) is 0 Å². The van der Waals surface area contributed by atoms with Crippen LogP contribution < -0.4 is 10.1 Å². The lowest BCUT2D eigenvalue weighted by molar-refractivity contribution is 0.378. The summed E-state index contributed by atoms with van der Waals surface area (Å²) in [5.74, 6) is 1.99. The number of rotatable bonds is 7. The average molecular weight is 259 g/mol. The van der Waals surface area contributed by atoms with Crippen LogP contribution in [0.3, 0.4) is 0 Å². The molecule has 19 heavy (non-hydrogen) atoms. The SMILES string of the molecule is COc1ccc(CC(C)NCC2(C3CC3)CC2)cc1. The molecule has 0 aliphatic heterocycles. The van der Waals surface area contributed by atoms with E-state index in [1.807, 2.05) is 0 Å². The summed E-state index contributed by atoms with van der Waals surface area (Å²) in [6.45, 7) is 3.53. The zero-order valence-electron chi connectivity index (χ0n) is 12.1. The highest BCUT2D eigenvalue weighted by atomic mass is 16.5. The van der Waals surface area contributed by atoms with Gasteiger partial charge in [0.05, 0.1) is 7.11 Å². The van der Waals surface area contributed by atoms with Gasteiger partial charge < -0.3 is 10.1 Å². The normalized spacial score (nSPS) is 22.0. The lowest BCUT2D eigenvalue weighted by atomic mass is 9.99. The summed E-state index contributed by atoms with van der Waals surface area (Å²) in [5, 5.41) is 3.75. The van der Waals surface area contributed by atoms with E-state index >= 15 is 0 Å². The maximum absolute atomic E-state index is 5.19. The van der Waals surface area contributed by atoms with Crippen molar-refractivity contribution in [2.24, 2.45) is 11.3 Å². The first-order valence-corrected chi connectivity index (χ1v) is 7.58. The zero-order valence-corrected chi connectivity index (χ0v) is 12.1. The zero-order chi connectivity index (χ0) is 13.3. The van der Waals surface area contributed by atoms with Gasteiger partial charge in [-0.25, -0.2) is 0 Å². The van der Waals surface area contributed by atoms with E-state index in [0.29, 0.717) is 11.5 Å². The summed E-state index contributed by atoms with van der Waals surface area (Å²) in [7, 11) is 1.71. The summed E-state index contributed by atoms with van der Waals surface area (Å²) in [4.78, 5) is 0. The molecule has 3 rings (SSSR count). The number of hydrogen-bond donors (Lipinski definition) is 1. The monoisotopic (exact) mass is 259 g/mol. The quantitative estimate of drug-likeness (QED) is 0.810. The highest BCUT2D eigenvalue weighted by molar-refractivity contribution is 5.27. The number of hydrogen-bond acceptors (Lipinski definition) is 2. The molecule has 2 heteroatoms. The summed E-state index contributed by atoms with van der Waals surface area (Å²) in [6, 6.07) is 9.00. The summed E-state index contributed by atoms with van der Waals surface area (Å²) >= 11 is 0. The second kappa shape index (κ2) is 5.16. The second-order valence-corrected chi connectivity index (χ2v) is 6.47. The first kappa shape index (κ1) is 13.0. The Hall–Kier alpha value is -1.02. The van der Waals surface area contributed by atoms with Crippen LogP contribution in [0.4, 0.5) is 0 Å². The molecule has 2 nitrogen and oxygen atoms in total. The Morgan fingerprint density at radius 2 is 1.95 bits per heavy atom. The van der Waals surface area contributed by atoms with Gasteiger partial charge in [0, 0.05) is 12.6 Å². The fourth-order valence-electron chi connectivity index (χ4n) is 3.15. The highest BCUT2D eigenvalue weighted by Crippen LogP contribution is 2.60. The third-order valence-electron chi connectivity index (χ3n) is 4.84. The van der Waals surface area contributed by atoms with Gasteiger partial charge in [0.15, 0.2) is 0 Å². The van der Waals surface area contributed by atoms with Gasteiger partial charge >= 0.3 is 0 Å². The summed E-state index contributed by atoms with van der Waals surface area (Å²) in [5.41, 5.74) is 2.09. The first-order valence-electron chi connectivity index (χ1n) is 7.58. The third kappa shape index (κ3) is 3.11. The molecular formula is C17H25NO. The molecule has 0 amide bonds. The molecule has 2 aliphatic carbocycles. The molecule has 0 saturated heterocycles. The van der Waals surface area contributed by atoms with Crippen LogP contribution in [0.5, 0.6) is 5.75 Å². The van der Waals surface area contributed by atoms with Crippen molar-refractivity contribution in [1.29, 1.82) is 0 Å². The molecule has 1 aromatic carbocycles. The van der Waals surface area contributed by atoms with E-state index < -0.39 is 0 Å². The number of benzene rings is 1. The van der Waals surface area contributed by atoms with Gasteiger partial charge in [-0.15, -0.1) is 0 Å². The minimum absolute atomic E-state index is 0.560. The van der Waals surface area contributed by atoms with E-state index in [1.165, 1.54) is 37.8 Å². The van der Waals surface area contributed by atoms with Gasteiger partial charge in [0.2, 0.25) is 0 Å². The van der Waals surface area contributed by atoms with Crippen LogP contribution in [-0.2, 0) is 6.42 Å². The van der Waals surface area contributed by atoms with Gasteiger partial charge in [-0.1, -0.05) is 12.1 Å². The average Bonchev–Trinajstić information content (AvgIpc) is 3.29. The maximum Gasteiger partial charge on any atom is 0.118 e. The van der Waals surface area contributed by atoms with Crippen molar-refractivity contribution in [3.63, 3.8) is 0 Å². The van der Waals surface area contributed by atoms with E-state index in [1.54, 1.807) is 7.11 Å². The molecule has 104 valence electrons. The van der Waals surface area contributed by atoms with Crippen LogP contribution in [0.1, 0.15) is 38.2 Å². The van der Waals surface area contributed by atoms with Crippen molar-refractivity contribution < 1.29 is 4.74 Å². The fraction of sp³-hybridized carbons (Fsp3) is 0.647. The minimum Gasteiger partial charge on any atom is -0.497 e. The molecular weight excluding hydrogens is 234 g/mol. The van der Waals surface area contributed by atoms with Gasteiger partial charge in [-0.2, -0.15) is 0 Å².